The highest BCUT2D eigenvalue weighted by molar-refractivity contribution is 6.30. The highest BCUT2D eigenvalue weighted by Crippen LogP contribution is 2.18. The van der Waals surface area contributed by atoms with Crippen LogP contribution in [0.3, 0.4) is 0 Å². The van der Waals surface area contributed by atoms with Crippen molar-refractivity contribution in [2.24, 2.45) is 0 Å². The van der Waals surface area contributed by atoms with Crippen molar-refractivity contribution in [3.05, 3.63) is 29.3 Å². The number of benzene rings is 1. The van der Waals surface area contributed by atoms with Gasteiger partial charge in [0.2, 0.25) is 11.7 Å². The molecule has 2 heterocycles. The van der Waals surface area contributed by atoms with E-state index in [4.69, 9.17) is 11.6 Å². The topological polar surface area (TPSA) is 84.7 Å². The van der Waals surface area contributed by atoms with E-state index in [9.17, 15) is 4.79 Å². The van der Waals surface area contributed by atoms with Gasteiger partial charge in [-0.2, -0.15) is 4.80 Å². The molecule has 0 radical (unpaired) electrons. The first-order chi connectivity index (χ1) is 11.2. The zero-order valence-corrected chi connectivity index (χ0v) is 13.6. The largest absolute Gasteiger partial charge is 0.350 e. The quantitative estimate of drug-likeness (QED) is 0.864. The molecule has 122 valence electrons. The SMILES string of the molecule is CCC(C(=O)NC1CCNC1)n1nnc(-c2ccc(Cl)cc2)n1. The Morgan fingerprint density at radius 3 is 2.91 bits per heavy atom. The molecule has 1 amide bonds. The molecule has 2 unspecified atom stereocenters. The molecule has 3 rings (SSSR count). The number of carbonyl (C=O) groups is 1. The van der Waals surface area contributed by atoms with Crippen molar-refractivity contribution in [2.75, 3.05) is 13.1 Å². The predicted octanol–water partition coefficient (Wildman–Crippen LogP) is 1.42. The second-order valence-corrected chi connectivity index (χ2v) is 6.00. The summed E-state index contributed by atoms with van der Waals surface area (Å²) in [5, 5.41) is 19.4. The molecule has 2 aromatic rings. The Labute approximate surface area is 139 Å². The summed E-state index contributed by atoms with van der Waals surface area (Å²) in [7, 11) is 0. The number of hydrogen-bond acceptors (Lipinski definition) is 5. The molecule has 0 spiro atoms. The van der Waals surface area contributed by atoms with Crippen LogP contribution in [-0.4, -0.2) is 45.2 Å². The van der Waals surface area contributed by atoms with Crippen molar-refractivity contribution in [2.45, 2.75) is 31.8 Å². The maximum absolute atomic E-state index is 12.4. The van der Waals surface area contributed by atoms with Gasteiger partial charge in [-0.3, -0.25) is 4.79 Å². The standard InChI is InChI=1S/C15H19ClN6O/c1-2-13(15(23)18-12-7-8-17-9-12)22-20-14(19-21-22)10-3-5-11(16)6-4-10/h3-6,12-13,17H,2,7-9H2,1H3,(H,18,23). The van der Waals surface area contributed by atoms with E-state index in [1.165, 1.54) is 4.80 Å². The van der Waals surface area contributed by atoms with Gasteiger partial charge in [-0.15, -0.1) is 10.2 Å². The second-order valence-electron chi connectivity index (χ2n) is 5.56. The van der Waals surface area contributed by atoms with Gasteiger partial charge < -0.3 is 10.6 Å². The third kappa shape index (κ3) is 3.68. The number of rotatable bonds is 5. The van der Waals surface area contributed by atoms with Gasteiger partial charge in [0.1, 0.15) is 0 Å². The fourth-order valence-electron chi connectivity index (χ4n) is 2.60. The van der Waals surface area contributed by atoms with Gasteiger partial charge in [0, 0.05) is 23.2 Å². The molecule has 0 saturated carbocycles. The number of hydrogen-bond donors (Lipinski definition) is 2. The van der Waals surface area contributed by atoms with Crippen molar-refractivity contribution in [3.63, 3.8) is 0 Å². The Balaban J connectivity index is 1.73. The van der Waals surface area contributed by atoms with E-state index in [2.05, 4.69) is 26.0 Å². The number of amides is 1. The lowest BCUT2D eigenvalue weighted by atomic mass is 10.2. The Bertz CT molecular complexity index is 665. The van der Waals surface area contributed by atoms with E-state index in [1.54, 1.807) is 12.1 Å². The van der Waals surface area contributed by atoms with Gasteiger partial charge in [0.05, 0.1) is 0 Å². The molecule has 1 aliphatic rings. The van der Waals surface area contributed by atoms with Crippen LogP contribution < -0.4 is 10.6 Å². The van der Waals surface area contributed by atoms with Crippen molar-refractivity contribution in [1.29, 1.82) is 0 Å². The van der Waals surface area contributed by atoms with E-state index in [1.807, 2.05) is 19.1 Å². The third-order valence-corrected chi connectivity index (χ3v) is 4.16. The fraction of sp³-hybridized carbons (Fsp3) is 0.467. The van der Waals surface area contributed by atoms with Crippen LogP contribution in [0.4, 0.5) is 0 Å². The monoisotopic (exact) mass is 334 g/mol. The molecule has 1 saturated heterocycles. The summed E-state index contributed by atoms with van der Waals surface area (Å²) in [5.74, 6) is 0.414. The molecule has 2 N–H and O–H groups in total. The summed E-state index contributed by atoms with van der Waals surface area (Å²) in [6.45, 7) is 3.68. The Hall–Kier alpha value is -1.99. The van der Waals surface area contributed by atoms with Crippen LogP contribution >= 0.6 is 11.6 Å². The molecule has 1 aromatic heterocycles. The molecule has 1 fully saturated rings. The Morgan fingerprint density at radius 1 is 1.48 bits per heavy atom. The van der Waals surface area contributed by atoms with Gasteiger partial charge in [-0.25, -0.2) is 0 Å². The number of tetrazole rings is 1. The number of carbonyl (C=O) groups excluding carboxylic acids is 1. The van der Waals surface area contributed by atoms with Gasteiger partial charge in [0.15, 0.2) is 6.04 Å². The normalized spacial score (nSPS) is 18.8. The van der Waals surface area contributed by atoms with Gasteiger partial charge in [-0.05, 0) is 48.9 Å². The molecule has 2 atom stereocenters. The lowest BCUT2D eigenvalue weighted by Crippen LogP contribution is -2.41. The molecular formula is C15H19ClN6O. The average molecular weight is 335 g/mol. The van der Waals surface area contributed by atoms with Crippen molar-refractivity contribution < 1.29 is 4.79 Å². The molecule has 1 aromatic carbocycles. The maximum Gasteiger partial charge on any atom is 0.247 e. The van der Waals surface area contributed by atoms with Crippen LogP contribution in [-0.2, 0) is 4.79 Å². The molecular weight excluding hydrogens is 316 g/mol. The van der Waals surface area contributed by atoms with Crippen molar-refractivity contribution >= 4 is 17.5 Å². The molecule has 23 heavy (non-hydrogen) atoms. The van der Waals surface area contributed by atoms with Gasteiger partial charge in [-0.1, -0.05) is 18.5 Å². The second kappa shape index (κ2) is 7.06. The summed E-state index contributed by atoms with van der Waals surface area (Å²) < 4.78 is 0. The van der Waals surface area contributed by atoms with Gasteiger partial charge in [0.25, 0.3) is 0 Å². The van der Waals surface area contributed by atoms with Crippen molar-refractivity contribution in [3.8, 4) is 11.4 Å². The average Bonchev–Trinajstić information content (AvgIpc) is 3.21. The summed E-state index contributed by atoms with van der Waals surface area (Å²) in [5.41, 5.74) is 0.816. The van der Waals surface area contributed by atoms with Crippen LogP contribution in [0.5, 0.6) is 0 Å². The smallest absolute Gasteiger partial charge is 0.247 e. The molecule has 7 nitrogen and oxygen atoms in total. The highest BCUT2D eigenvalue weighted by Gasteiger charge is 2.25. The number of aromatic nitrogens is 4. The zero-order valence-electron chi connectivity index (χ0n) is 12.9. The van der Waals surface area contributed by atoms with E-state index < -0.39 is 6.04 Å². The summed E-state index contributed by atoms with van der Waals surface area (Å²) >= 11 is 5.88. The van der Waals surface area contributed by atoms with Crippen LogP contribution in [0, 0.1) is 0 Å². The molecule has 0 aliphatic carbocycles. The number of nitrogens with one attached hydrogen (secondary N) is 2. The minimum atomic E-state index is -0.454. The van der Waals surface area contributed by atoms with E-state index in [0.717, 1.165) is 25.1 Å². The van der Waals surface area contributed by atoms with Crippen LogP contribution in [0.2, 0.25) is 5.02 Å². The minimum Gasteiger partial charge on any atom is -0.350 e. The Morgan fingerprint density at radius 2 is 2.26 bits per heavy atom. The van der Waals surface area contributed by atoms with E-state index >= 15 is 0 Å². The lowest BCUT2D eigenvalue weighted by Gasteiger charge is -2.17. The summed E-state index contributed by atoms with van der Waals surface area (Å²) in [6, 6.07) is 6.92. The predicted molar refractivity (Wildman–Crippen MR) is 87.0 cm³/mol. The van der Waals surface area contributed by atoms with E-state index in [0.29, 0.717) is 17.3 Å². The van der Waals surface area contributed by atoms with Crippen molar-refractivity contribution in [1.82, 2.24) is 30.8 Å². The molecule has 1 aliphatic heterocycles. The lowest BCUT2D eigenvalue weighted by molar-refractivity contribution is -0.125. The summed E-state index contributed by atoms with van der Waals surface area (Å²) in [6.07, 6.45) is 1.55. The molecule has 0 bridgehead atoms. The van der Waals surface area contributed by atoms with Crippen LogP contribution in [0.25, 0.3) is 11.4 Å². The summed E-state index contributed by atoms with van der Waals surface area (Å²) in [4.78, 5) is 13.8. The first-order valence-electron chi connectivity index (χ1n) is 7.74. The number of nitrogens with zero attached hydrogens (tertiary/aromatic N) is 4. The van der Waals surface area contributed by atoms with Crippen LogP contribution in [0.1, 0.15) is 25.8 Å². The maximum atomic E-state index is 12.4. The molecule has 8 heteroatoms. The highest BCUT2D eigenvalue weighted by atomic mass is 35.5. The zero-order chi connectivity index (χ0) is 16.2. The minimum absolute atomic E-state index is 0.0683. The fourth-order valence-corrected chi connectivity index (χ4v) is 2.73. The first-order valence-corrected chi connectivity index (χ1v) is 8.11. The third-order valence-electron chi connectivity index (χ3n) is 3.91. The number of halogens is 1. The Kier molecular flexibility index (Phi) is 4.88. The van der Waals surface area contributed by atoms with E-state index in [-0.39, 0.29) is 11.9 Å². The van der Waals surface area contributed by atoms with Crippen LogP contribution in [0.15, 0.2) is 24.3 Å². The first kappa shape index (κ1) is 15.9. The van der Waals surface area contributed by atoms with Gasteiger partial charge >= 0.3 is 0 Å².